The second-order valence-electron chi connectivity index (χ2n) is 6.35. The maximum Gasteiger partial charge on any atom is 0.145 e. The Morgan fingerprint density at radius 1 is 1.38 bits per heavy atom. The molecule has 0 aliphatic carbocycles. The van der Waals surface area contributed by atoms with Gasteiger partial charge in [-0.25, -0.2) is 0 Å². The van der Waals surface area contributed by atoms with E-state index in [-0.39, 0.29) is 6.61 Å². The molecule has 0 spiro atoms. The highest BCUT2D eigenvalue weighted by Gasteiger charge is 2.20. The van der Waals surface area contributed by atoms with E-state index in [4.69, 9.17) is 33.1 Å². The number of nitrogens with zero attached hydrogens (tertiary/aromatic N) is 3. The number of rotatable bonds is 3. The number of aliphatic hydroxyl groups is 1. The van der Waals surface area contributed by atoms with Crippen LogP contribution in [-0.2, 0) is 24.8 Å². The Bertz CT molecular complexity index is 960. The van der Waals surface area contributed by atoms with Crippen LogP contribution >= 0.6 is 23.2 Å². The average Bonchev–Trinajstić information content (AvgIpc) is 3.31. The molecule has 8 heteroatoms. The van der Waals surface area contributed by atoms with E-state index >= 15 is 0 Å². The summed E-state index contributed by atoms with van der Waals surface area (Å²) in [6.45, 7) is 11.4. The fourth-order valence-corrected chi connectivity index (χ4v) is 3.45. The van der Waals surface area contributed by atoms with E-state index in [0.717, 1.165) is 41.3 Å². The molecule has 3 rings (SSSR count). The van der Waals surface area contributed by atoms with Gasteiger partial charge in [-0.15, -0.1) is 0 Å². The maximum absolute atomic E-state index is 8.92. The van der Waals surface area contributed by atoms with Crippen molar-refractivity contribution in [2.24, 2.45) is 7.05 Å². The van der Waals surface area contributed by atoms with Gasteiger partial charge in [0.15, 0.2) is 0 Å². The van der Waals surface area contributed by atoms with Crippen molar-refractivity contribution in [2.45, 2.75) is 33.7 Å². The number of hydrogen-bond acceptors (Lipinski definition) is 4. The number of aryl methyl sites for hydroxylation is 1. The quantitative estimate of drug-likeness (QED) is 0.717. The minimum Gasteiger partial charge on any atom is -0.389 e. The van der Waals surface area contributed by atoms with E-state index in [9.17, 15) is 0 Å². The highest BCUT2D eigenvalue weighted by molar-refractivity contribution is 6.56. The number of carbonyl (C=O) groups is 1. The molecule has 2 aromatic rings. The van der Waals surface area contributed by atoms with E-state index in [0.29, 0.717) is 16.4 Å². The fraction of sp³-hybridized carbons (Fsp3) is 0.429. The van der Waals surface area contributed by atoms with Crippen molar-refractivity contribution in [3.05, 3.63) is 51.4 Å². The molecule has 2 aromatic heterocycles. The first-order chi connectivity index (χ1) is 13.8. The van der Waals surface area contributed by atoms with E-state index in [1.165, 1.54) is 11.3 Å². The Labute approximate surface area is 182 Å². The molecule has 0 saturated carbocycles. The van der Waals surface area contributed by atoms with E-state index in [1.807, 2.05) is 31.6 Å². The number of halogens is 2. The van der Waals surface area contributed by atoms with Crippen molar-refractivity contribution >= 4 is 40.1 Å². The molecule has 1 aliphatic heterocycles. The van der Waals surface area contributed by atoms with Crippen LogP contribution in [0.15, 0.2) is 23.9 Å². The zero-order valence-corrected chi connectivity index (χ0v) is 19.2. The van der Waals surface area contributed by atoms with Gasteiger partial charge in [0.25, 0.3) is 0 Å². The first-order valence-electron chi connectivity index (χ1n) is 9.48. The van der Waals surface area contributed by atoms with Crippen molar-refractivity contribution in [1.29, 1.82) is 0 Å². The number of aromatic amines is 1. The largest absolute Gasteiger partial charge is 0.389 e. The molecule has 0 fully saturated rings. The van der Waals surface area contributed by atoms with Crippen molar-refractivity contribution in [2.75, 3.05) is 20.2 Å². The Hall–Kier alpha value is -1.86. The average molecular weight is 441 g/mol. The number of nitrogens with one attached hydrogen (secondary N) is 1. The first kappa shape index (κ1) is 25.2. The minimum atomic E-state index is -0.361. The third-order valence-electron chi connectivity index (χ3n) is 4.48. The lowest BCUT2D eigenvalue weighted by Gasteiger charge is -2.22. The van der Waals surface area contributed by atoms with Gasteiger partial charge in [0.2, 0.25) is 0 Å². The number of H-pyrrole nitrogens is 1. The number of allylic oxidation sites excluding steroid dienone is 1. The van der Waals surface area contributed by atoms with Crippen molar-refractivity contribution < 1.29 is 9.90 Å². The zero-order valence-electron chi connectivity index (χ0n) is 17.7. The molecule has 0 atom stereocenters. The summed E-state index contributed by atoms with van der Waals surface area (Å²) in [5, 5.41) is 14.6. The van der Waals surface area contributed by atoms with Crippen LogP contribution < -0.4 is 10.6 Å². The monoisotopic (exact) mass is 440 g/mol. The molecule has 0 radical (unpaired) electrons. The molecule has 0 bridgehead atoms. The van der Waals surface area contributed by atoms with E-state index < -0.39 is 0 Å². The molecular formula is C21H30Cl2N4O2. The molecule has 160 valence electrons. The maximum atomic E-state index is 8.92. The second kappa shape index (κ2) is 12.0. The molecule has 0 aromatic carbocycles. The summed E-state index contributed by atoms with van der Waals surface area (Å²) in [6, 6.07) is 2.01. The van der Waals surface area contributed by atoms with Crippen molar-refractivity contribution in [3.63, 3.8) is 0 Å². The highest BCUT2D eigenvalue weighted by Crippen LogP contribution is 2.19. The summed E-state index contributed by atoms with van der Waals surface area (Å²) in [5.41, 5.74) is 4.70. The number of hydrogen-bond donors (Lipinski definition) is 2. The zero-order chi connectivity index (χ0) is 22.1. The Kier molecular flexibility index (Phi) is 10.4. The summed E-state index contributed by atoms with van der Waals surface area (Å²) in [7, 11) is 4.07. The van der Waals surface area contributed by atoms with E-state index in [1.54, 1.807) is 6.20 Å². The Morgan fingerprint density at radius 3 is 2.48 bits per heavy atom. The molecule has 1 aliphatic rings. The number of aliphatic hydroxyl groups excluding tert-OH is 1. The minimum absolute atomic E-state index is 0.345. The van der Waals surface area contributed by atoms with Crippen LogP contribution in [0.1, 0.15) is 37.7 Å². The fourth-order valence-electron chi connectivity index (χ4n) is 3.21. The van der Waals surface area contributed by atoms with Gasteiger partial charge in [-0.05, 0) is 31.2 Å². The Morgan fingerprint density at radius 2 is 2.00 bits per heavy atom. The number of aldehydes is 1. The molecular weight excluding hydrogens is 411 g/mol. The van der Waals surface area contributed by atoms with Gasteiger partial charge < -0.3 is 19.8 Å². The van der Waals surface area contributed by atoms with Crippen LogP contribution in [0.4, 0.5) is 0 Å². The predicted molar refractivity (Wildman–Crippen MR) is 120 cm³/mol. The summed E-state index contributed by atoms with van der Waals surface area (Å²) < 4.78 is 1.87. The van der Waals surface area contributed by atoms with Crippen LogP contribution in [-0.4, -0.2) is 51.3 Å². The van der Waals surface area contributed by atoms with Crippen LogP contribution in [0.2, 0.25) is 0 Å². The van der Waals surface area contributed by atoms with Crippen LogP contribution in [0, 0.1) is 0 Å². The molecule has 0 unspecified atom stereocenters. The third kappa shape index (κ3) is 6.06. The SMILES string of the molecule is C=C(Cl)/C(Cl)=c1/[nH]c2c(/c1=C(/C)c1ccnn1C)CN(C)CC2.CC.O=CCO. The van der Waals surface area contributed by atoms with Crippen LogP contribution in [0.5, 0.6) is 0 Å². The molecule has 29 heavy (non-hydrogen) atoms. The molecule has 3 heterocycles. The van der Waals surface area contributed by atoms with Gasteiger partial charge in [0.05, 0.1) is 27.7 Å². The molecule has 0 amide bonds. The molecule has 0 saturated heterocycles. The third-order valence-corrected chi connectivity index (χ3v) is 5.18. The van der Waals surface area contributed by atoms with Gasteiger partial charge in [-0.1, -0.05) is 43.6 Å². The van der Waals surface area contributed by atoms with Gasteiger partial charge in [0, 0.05) is 43.7 Å². The number of likely N-dealkylation sites (N-methyl/N-ethyl adjacent to an activating group) is 1. The summed E-state index contributed by atoms with van der Waals surface area (Å²) in [5.74, 6) is 0. The lowest BCUT2D eigenvalue weighted by Crippen LogP contribution is -2.33. The molecule has 2 N–H and O–H groups in total. The van der Waals surface area contributed by atoms with Crippen LogP contribution in [0.3, 0.4) is 0 Å². The summed E-state index contributed by atoms with van der Waals surface area (Å²) in [6.07, 6.45) is 3.20. The Balaban J connectivity index is 0.000000627. The number of carbonyl (C=O) groups excluding carboxylic acids is 1. The second-order valence-corrected chi connectivity index (χ2v) is 7.19. The van der Waals surface area contributed by atoms with Gasteiger partial charge >= 0.3 is 0 Å². The predicted octanol–water partition coefficient (Wildman–Crippen LogP) is 2.26. The van der Waals surface area contributed by atoms with Gasteiger partial charge in [0.1, 0.15) is 6.29 Å². The van der Waals surface area contributed by atoms with Gasteiger partial charge in [-0.2, -0.15) is 5.10 Å². The van der Waals surface area contributed by atoms with E-state index in [2.05, 4.69) is 35.5 Å². The van der Waals surface area contributed by atoms with Gasteiger partial charge in [-0.3, -0.25) is 4.68 Å². The lowest BCUT2D eigenvalue weighted by molar-refractivity contribution is -0.110. The number of aromatic nitrogens is 3. The smallest absolute Gasteiger partial charge is 0.145 e. The van der Waals surface area contributed by atoms with Crippen LogP contribution in [0.25, 0.3) is 10.6 Å². The normalized spacial score (nSPS) is 15.2. The standard InChI is InChI=1S/C17H20Cl2N4.C2H4O2.C2H6/c1-10(14-5-7-20-23(14)4)15-12-9-22(3)8-6-13(12)21-17(15)16(19)11(2)18;3-1-2-4;1-2/h5,7,21H,2,6,8-9H2,1,3-4H3;1,4H,2H2;1-2H3/b15-10+,17-16-;;. The highest BCUT2D eigenvalue weighted by atomic mass is 35.5. The van der Waals surface area contributed by atoms with Crippen molar-refractivity contribution in [1.82, 2.24) is 19.7 Å². The molecule has 6 nitrogen and oxygen atoms in total. The first-order valence-corrected chi connectivity index (χ1v) is 10.2. The van der Waals surface area contributed by atoms with Crippen molar-refractivity contribution in [3.8, 4) is 0 Å². The summed E-state index contributed by atoms with van der Waals surface area (Å²) in [4.78, 5) is 14.7. The topological polar surface area (TPSA) is 74.2 Å². The summed E-state index contributed by atoms with van der Waals surface area (Å²) >= 11 is 12.5. The lowest BCUT2D eigenvalue weighted by atomic mass is 10.0. The number of fused-ring (bicyclic) bond motifs is 1.